The third kappa shape index (κ3) is 3.92. The molecule has 0 aliphatic heterocycles. The Hall–Kier alpha value is -0.830. The van der Waals surface area contributed by atoms with Crippen LogP contribution in [-0.4, -0.2) is 24.0 Å². The Labute approximate surface area is 85.2 Å². The third-order valence-corrected chi connectivity index (χ3v) is 2.28. The fraction of sp³-hybridized carbons (Fsp3) is 0.727. The van der Waals surface area contributed by atoms with Crippen LogP contribution in [0.3, 0.4) is 0 Å². The van der Waals surface area contributed by atoms with Crippen molar-refractivity contribution in [2.45, 2.75) is 32.6 Å². The number of rotatable bonds is 7. The van der Waals surface area contributed by atoms with Gasteiger partial charge >= 0.3 is 0 Å². The van der Waals surface area contributed by atoms with E-state index in [0.717, 1.165) is 31.4 Å². The van der Waals surface area contributed by atoms with Crippen LogP contribution in [0.4, 0.5) is 0 Å². The first-order chi connectivity index (χ1) is 6.77. The molecular formula is C11H19NO2. The van der Waals surface area contributed by atoms with Crippen LogP contribution in [0.5, 0.6) is 0 Å². The fourth-order valence-corrected chi connectivity index (χ4v) is 1.35. The third-order valence-electron chi connectivity index (χ3n) is 2.28. The van der Waals surface area contributed by atoms with Gasteiger partial charge in [-0.3, -0.25) is 4.79 Å². The molecule has 0 spiro atoms. The van der Waals surface area contributed by atoms with E-state index in [1.54, 1.807) is 6.08 Å². The second kappa shape index (κ2) is 5.81. The summed E-state index contributed by atoms with van der Waals surface area (Å²) in [7, 11) is 0. The fourth-order valence-electron chi connectivity index (χ4n) is 1.35. The lowest BCUT2D eigenvalue weighted by Crippen LogP contribution is -2.18. The molecule has 3 nitrogen and oxygen atoms in total. The standard InChI is InChI=1S/C11H19NO2/c1-2-3-10(12-6-7-13)8-11(14)9-4-5-9/h8-9,12-13H,2-7H2,1H3/b10-8-. The van der Waals surface area contributed by atoms with Crippen molar-refractivity contribution in [3.8, 4) is 0 Å². The summed E-state index contributed by atoms with van der Waals surface area (Å²) in [6, 6.07) is 0. The number of allylic oxidation sites excluding steroid dienone is 2. The molecule has 0 aromatic carbocycles. The summed E-state index contributed by atoms with van der Waals surface area (Å²) >= 11 is 0. The van der Waals surface area contributed by atoms with Crippen LogP contribution < -0.4 is 5.32 Å². The van der Waals surface area contributed by atoms with Crippen molar-refractivity contribution in [3.05, 3.63) is 11.8 Å². The van der Waals surface area contributed by atoms with Gasteiger partial charge in [-0.25, -0.2) is 0 Å². The summed E-state index contributed by atoms with van der Waals surface area (Å²) in [6.07, 6.45) is 5.72. The van der Waals surface area contributed by atoms with Gasteiger partial charge in [-0.05, 0) is 19.3 Å². The normalized spacial score (nSPS) is 16.9. The Morgan fingerprint density at radius 1 is 1.57 bits per heavy atom. The maximum absolute atomic E-state index is 11.5. The first kappa shape index (κ1) is 11.2. The lowest BCUT2D eigenvalue weighted by Gasteiger charge is -2.08. The molecule has 0 aromatic rings. The zero-order valence-corrected chi connectivity index (χ0v) is 8.75. The Bertz CT molecular complexity index is 219. The number of nitrogens with one attached hydrogen (secondary N) is 1. The minimum absolute atomic E-state index is 0.110. The van der Waals surface area contributed by atoms with E-state index in [-0.39, 0.29) is 18.3 Å². The van der Waals surface area contributed by atoms with Gasteiger partial charge in [0.25, 0.3) is 0 Å². The summed E-state index contributed by atoms with van der Waals surface area (Å²) in [6.45, 7) is 2.72. The molecule has 1 fully saturated rings. The van der Waals surface area contributed by atoms with Crippen molar-refractivity contribution < 1.29 is 9.90 Å². The van der Waals surface area contributed by atoms with Gasteiger partial charge in [0.15, 0.2) is 5.78 Å². The van der Waals surface area contributed by atoms with Crippen molar-refractivity contribution in [1.82, 2.24) is 5.32 Å². The number of aliphatic hydroxyl groups excluding tert-OH is 1. The van der Waals surface area contributed by atoms with E-state index in [4.69, 9.17) is 5.11 Å². The smallest absolute Gasteiger partial charge is 0.160 e. The molecular weight excluding hydrogens is 178 g/mol. The topological polar surface area (TPSA) is 49.3 Å². The molecule has 0 radical (unpaired) electrons. The van der Waals surface area contributed by atoms with Crippen LogP contribution in [0.15, 0.2) is 11.8 Å². The quantitative estimate of drug-likeness (QED) is 0.603. The molecule has 0 unspecified atom stereocenters. The summed E-state index contributed by atoms with van der Waals surface area (Å²) in [5, 5.41) is 11.7. The Balaban J connectivity index is 2.41. The average Bonchev–Trinajstić information content (AvgIpc) is 2.97. The van der Waals surface area contributed by atoms with E-state index in [2.05, 4.69) is 12.2 Å². The Kier molecular flexibility index (Phi) is 4.66. The summed E-state index contributed by atoms with van der Waals surface area (Å²) in [4.78, 5) is 11.5. The highest BCUT2D eigenvalue weighted by Gasteiger charge is 2.27. The van der Waals surface area contributed by atoms with E-state index in [0.29, 0.717) is 6.54 Å². The predicted octanol–water partition coefficient (Wildman–Crippen LogP) is 1.23. The van der Waals surface area contributed by atoms with Crippen molar-refractivity contribution in [1.29, 1.82) is 0 Å². The van der Waals surface area contributed by atoms with E-state index < -0.39 is 0 Å². The maximum Gasteiger partial charge on any atom is 0.160 e. The molecule has 80 valence electrons. The lowest BCUT2D eigenvalue weighted by atomic mass is 10.1. The monoisotopic (exact) mass is 197 g/mol. The Morgan fingerprint density at radius 2 is 2.29 bits per heavy atom. The van der Waals surface area contributed by atoms with Crippen molar-refractivity contribution >= 4 is 5.78 Å². The van der Waals surface area contributed by atoms with Gasteiger partial charge in [0.05, 0.1) is 6.61 Å². The molecule has 1 rings (SSSR count). The zero-order valence-electron chi connectivity index (χ0n) is 8.75. The summed E-state index contributed by atoms with van der Waals surface area (Å²) in [5.41, 5.74) is 0.971. The van der Waals surface area contributed by atoms with Gasteiger partial charge < -0.3 is 10.4 Å². The second-order valence-electron chi connectivity index (χ2n) is 3.75. The van der Waals surface area contributed by atoms with Crippen LogP contribution in [0.1, 0.15) is 32.6 Å². The van der Waals surface area contributed by atoms with Crippen LogP contribution in [0.2, 0.25) is 0 Å². The minimum atomic E-state index is 0.110. The molecule has 2 N–H and O–H groups in total. The zero-order chi connectivity index (χ0) is 10.4. The molecule has 0 saturated heterocycles. The molecule has 3 heteroatoms. The highest BCUT2D eigenvalue weighted by atomic mass is 16.3. The predicted molar refractivity (Wildman–Crippen MR) is 55.8 cm³/mol. The largest absolute Gasteiger partial charge is 0.395 e. The molecule has 0 atom stereocenters. The first-order valence-corrected chi connectivity index (χ1v) is 5.37. The van der Waals surface area contributed by atoms with Crippen LogP contribution >= 0.6 is 0 Å². The molecule has 14 heavy (non-hydrogen) atoms. The number of aliphatic hydroxyl groups is 1. The molecule has 0 heterocycles. The van der Waals surface area contributed by atoms with E-state index in [1.807, 2.05) is 0 Å². The minimum Gasteiger partial charge on any atom is -0.395 e. The molecule has 0 aromatic heterocycles. The maximum atomic E-state index is 11.5. The van der Waals surface area contributed by atoms with E-state index in [1.165, 1.54) is 0 Å². The van der Waals surface area contributed by atoms with Gasteiger partial charge in [-0.15, -0.1) is 0 Å². The van der Waals surface area contributed by atoms with Gasteiger partial charge in [0.1, 0.15) is 0 Å². The molecule has 1 saturated carbocycles. The van der Waals surface area contributed by atoms with Gasteiger partial charge in [0.2, 0.25) is 0 Å². The molecule has 0 amide bonds. The molecule has 1 aliphatic carbocycles. The van der Waals surface area contributed by atoms with E-state index in [9.17, 15) is 4.79 Å². The van der Waals surface area contributed by atoms with Crippen molar-refractivity contribution in [2.75, 3.05) is 13.2 Å². The second-order valence-corrected chi connectivity index (χ2v) is 3.75. The number of hydrogen-bond donors (Lipinski definition) is 2. The van der Waals surface area contributed by atoms with Crippen molar-refractivity contribution in [2.24, 2.45) is 5.92 Å². The average molecular weight is 197 g/mol. The first-order valence-electron chi connectivity index (χ1n) is 5.37. The SMILES string of the molecule is CCC/C(=C/C(=O)C1CC1)NCCO. The van der Waals surface area contributed by atoms with Crippen molar-refractivity contribution in [3.63, 3.8) is 0 Å². The molecule has 1 aliphatic rings. The summed E-state index contributed by atoms with van der Waals surface area (Å²) < 4.78 is 0. The lowest BCUT2D eigenvalue weighted by molar-refractivity contribution is -0.115. The van der Waals surface area contributed by atoms with Gasteiger partial charge in [0, 0.05) is 24.2 Å². The van der Waals surface area contributed by atoms with E-state index >= 15 is 0 Å². The summed E-state index contributed by atoms with van der Waals surface area (Å²) in [5.74, 6) is 0.539. The Morgan fingerprint density at radius 3 is 2.79 bits per heavy atom. The number of carbonyl (C=O) groups is 1. The highest BCUT2D eigenvalue weighted by Crippen LogP contribution is 2.30. The van der Waals surface area contributed by atoms with Crippen LogP contribution in [-0.2, 0) is 4.79 Å². The van der Waals surface area contributed by atoms with Crippen LogP contribution in [0.25, 0.3) is 0 Å². The highest BCUT2D eigenvalue weighted by molar-refractivity contribution is 5.93. The molecule has 0 bridgehead atoms. The van der Waals surface area contributed by atoms with Crippen LogP contribution in [0, 0.1) is 5.92 Å². The number of carbonyl (C=O) groups excluding carboxylic acids is 1. The number of ketones is 1. The van der Waals surface area contributed by atoms with Gasteiger partial charge in [-0.1, -0.05) is 13.3 Å². The van der Waals surface area contributed by atoms with Gasteiger partial charge in [-0.2, -0.15) is 0 Å². The number of hydrogen-bond acceptors (Lipinski definition) is 3.